The number of para-hydroxylation sites is 2. The van der Waals surface area contributed by atoms with Gasteiger partial charge in [-0.2, -0.15) is 0 Å². The number of carbonyl (C=O) groups excluding carboxylic acids is 1. The molecule has 0 radical (unpaired) electrons. The predicted molar refractivity (Wildman–Crippen MR) is 95.1 cm³/mol. The van der Waals surface area contributed by atoms with Gasteiger partial charge in [0.25, 0.3) is 5.91 Å². The smallest absolute Gasteiger partial charge is 0.254 e. The molecule has 0 aromatic heterocycles. The van der Waals surface area contributed by atoms with Crippen LogP contribution in [0.3, 0.4) is 0 Å². The number of nitrogens with zero attached hydrogens (tertiary/aromatic N) is 1. The molecule has 1 atom stereocenters. The van der Waals surface area contributed by atoms with E-state index in [0.29, 0.717) is 0 Å². The van der Waals surface area contributed by atoms with Crippen LogP contribution in [0.25, 0.3) is 0 Å². The SMILES string of the molecule is O=C(C(Cl)c1ccccc1)N(c1ccccc1)c1ccccc1. The number of hydrogen-bond donors (Lipinski definition) is 0. The highest BCUT2D eigenvalue weighted by molar-refractivity contribution is 6.33. The number of anilines is 2. The molecule has 3 aromatic rings. The van der Waals surface area contributed by atoms with Crippen LogP contribution in [-0.4, -0.2) is 5.91 Å². The highest BCUT2D eigenvalue weighted by atomic mass is 35.5. The van der Waals surface area contributed by atoms with Gasteiger partial charge in [0.15, 0.2) is 0 Å². The van der Waals surface area contributed by atoms with E-state index < -0.39 is 5.38 Å². The lowest BCUT2D eigenvalue weighted by Crippen LogP contribution is -2.29. The Bertz CT molecular complexity index is 720. The Morgan fingerprint density at radius 2 is 1.09 bits per heavy atom. The molecule has 0 saturated carbocycles. The minimum Gasteiger partial charge on any atom is -0.279 e. The van der Waals surface area contributed by atoms with Crippen molar-refractivity contribution in [3.05, 3.63) is 96.6 Å². The van der Waals surface area contributed by atoms with Gasteiger partial charge in [0.1, 0.15) is 5.38 Å². The van der Waals surface area contributed by atoms with Gasteiger partial charge in [-0.05, 0) is 29.8 Å². The van der Waals surface area contributed by atoms with Crippen molar-refractivity contribution in [3.63, 3.8) is 0 Å². The number of carbonyl (C=O) groups is 1. The molecule has 3 aromatic carbocycles. The van der Waals surface area contributed by atoms with E-state index in [1.807, 2.05) is 91.0 Å². The van der Waals surface area contributed by atoms with Crippen molar-refractivity contribution < 1.29 is 4.79 Å². The fraction of sp³-hybridized carbons (Fsp3) is 0.0500. The molecule has 114 valence electrons. The summed E-state index contributed by atoms with van der Waals surface area (Å²) in [5.74, 6) is -0.171. The Morgan fingerprint density at radius 3 is 1.52 bits per heavy atom. The summed E-state index contributed by atoms with van der Waals surface area (Å²) < 4.78 is 0. The van der Waals surface area contributed by atoms with Crippen molar-refractivity contribution in [2.75, 3.05) is 4.90 Å². The van der Waals surface area contributed by atoms with Crippen LogP contribution in [0.4, 0.5) is 11.4 Å². The van der Waals surface area contributed by atoms with E-state index in [4.69, 9.17) is 11.6 Å². The lowest BCUT2D eigenvalue weighted by molar-refractivity contribution is -0.117. The Morgan fingerprint density at radius 1 is 0.696 bits per heavy atom. The van der Waals surface area contributed by atoms with E-state index in [-0.39, 0.29) is 5.91 Å². The van der Waals surface area contributed by atoms with Crippen molar-refractivity contribution in [2.45, 2.75) is 5.38 Å². The standard InChI is InChI=1S/C20H16ClNO/c21-19(16-10-4-1-5-11-16)20(23)22(17-12-6-2-7-13-17)18-14-8-3-9-15-18/h1-15,19H. The summed E-state index contributed by atoms with van der Waals surface area (Å²) in [6.45, 7) is 0. The molecule has 23 heavy (non-hydrogen) atoms. The zero-order valence-corrected chi connectivity index (χ0v) is 13.2. The van der Waals surface area contributed by atoms with Gasteiger partial charge < -0.3 is 0 Å². The van der Waals surface area contributed by atoms with Crippen LogP contribution < -0.4 is 4.90 Å². The zero-order chi connectivity index (χ0) is 16.1. The number of amides is 1. The van der Waals surface area contributed by atoms with E-state index in [0.717, 1.165) is 16.9 Å². The molecule has 0 aliphatic carbocycles. The molecular weight excluding hydrogens is 306 g/mol. The molecule has 1 unspecified atom stereocenters. The molecule has 3 rings (SSSR count). The molecule has 3 heteroatoms. The molecular formula is C20H16ClNO. The second-order valence-electron chi connectivity index (χ2n) is 5.12. The largest absolute Gasteiger partial charge is 0.279 e. The third-order valence-electron chi connectivity index (χ3n) is 3.56. The first-order chi connectivity index (χ1) is 11.3. The lowest BCUT2D eigenvalue weighted by Gasteiger charge is -2.25. The van der Waals surface area contributed by atoms with Gasteiger partial charge in [0, 0.05) is 11.4 Å². The topological polar surface area (TPSA) is 20.3 Å². The number of halogens is 1. The predicted octanol–water partition coefficient (Wildman–Crippen LogP) is 5.33. The van der Waals surface area contributed by atoms with Gasteiger partial charge >= 0.3 is 0 Å². The van der Waals surface area contributed by atoms with E-state index >= 15 is 0 Å². The monoisotopic (exact) mass is 321 g/mol. The fourth-order valence-electron chi connectivity index (χ4n) is 2.44. The number of hydrogen-bond acceptors (Lipinski definition) is 1. The van der Waals surface area contributed by atoms with E-state index in [2.05, 4.69) is 0 Å². The average molecular weight is 322 g/mol. The van der Waals surface area contributed by atoms with Crippen LogP contribution in [0.1, 0.15) is 10.9 Å². The third-order valence-corrected chi connectivity index (χ3v) is 4.00. The third kappa shape index (κ3) is 3.43. The minimum atomic E-state index is -0.739. The molecule has 2 nitrogen and oxygen atoms in total. The molecule has 0 aliphatic rings. The van der Waals surface area contributed by atoms with Gasteiger partial charge in [0.05, 0.1) is 0 Å². The summed E-state index contributed by atoms with van der Waals surface area (Å²) in [7, 11) is 0. The molecule has 0 bridgehead atoms. The minimum absolute atomic E-state index is 0.171. The molecule has 0 heterocycles. The first kappa shape index (κ1) is 15.3. The van der Waals surface area contributed by atoms with Gasteiger partial charge in [-0.1, -0.05) is 66.7 Å². The van der Waals surface area contributed by atoms with Gasteiger partial charge in [-0.25, -0.2) is 0 Å². The maximum absolute atomic E-state index is 13.0. The molecule has 0 spiro atoms. The van der Waals surface area contributed by atoms with Gasteiger partial charge in [-0.3, -0.25) is 9.69 Å². The maximum atomic E-state index is 13.0. The molecule has 0 fully saturated rings. The zero-order valence-electron chi connectivity index (χ0n) is 12.5. The highest BCUT2D eigenvalue weighted by Gasteiger charge is 2.26. The molecule has 0 saturated heterocycles. The van der Waals surface area contributed by atoms with Gasteiger partial charge in [-0.15, -0.1) is 11.6 Å². The first-order valence-corrected chi connectivity index (χ1v) is 7.84. The van der Waals surface area contributed by atoms with Crippen LogP contribution in [0.15, 0.2) is 91.0 Å². The second kappa shape index (κ2) is 7.12. The Labute approximate surface area is 141 Å². The molecule has 0 N–H and O–H groups in total. The van der Waals surface area contributed by atoms with E-state index in [1.54, 1.807) is 4.90 Å². The second-order valence-corrected chi connectivity index (χ2v) is 5.55. The summed E-state index contributed by atoms with van der Waals surface area (Å²) in [4.78, 5) is 14.7. The van der Waals surface area contributed by atoms with Crippen molar-refractivity contribution >= 4 is 28.9 Å². The van der Waals surface area contributed by atoms with Crippen LogP contribution in [0, 0.1) is 0 Å². The van der Waals surface area contributed by atoms with E-state index in [9.17, 15) is 4.79 Å². The fourth-order valence-corrected chi connectivity index (χ4v) is 2.68. The average Bonchev–Trinajstić information content (AvgIpc) is 2.64. The van der Waals surface area contributed by atoms with Crippen molar-refractivity contribution in [2.24, 2.45) is 0 Å². The first-order valence-electron chi connectivity index (χ1n) is 7.40. The number of benzene rings is 3. The maximum Gasteiger partial charge on any atom is 0.254 e. The Hall–Kier alpha value is -2.58. The van der Waals surface area contributed by atoms with Crippen molar-refractivity contribution in [1.29, 1.82) is 0 Å². The summed E-state index contributed by atoms with van der Waals surface area (Å²) in [5.41, 5.74) is 2.38. The van der Waals surface area contributed by atoms with Crippen LogP contribution in [-0.2, 0) is 4.79 Å². The van der Waals surface area contributed by atoms with E-state index in [1.165, 1.54) is 0 Å². The lowest BCUT2D eigenvalue weighted by atomic mass is 10.1. The van der Waals surface area contributed by atoms with Crippen molar-refractivity contribution in [1.82, 2.24) is 0 Å². The Balaban J connectivity index is 2.00. The molecule has 0 aliphatic heterocycles. The Kier molecular flexibility index (Phi) is 4.74. The summed E-state index contributed by atoms with van der Waals surface area (Å²) in [5, 5.41) is -0.739. The van der Waals surface area contributed by atoms with Gasteiger partial charge in [0.2, 0.25) is 0 Å². The van der Waals surface area contributed by atoms with Crippen molar-refractivity contribution in [3.8, 4) is 0 Å². The highest BCUT2D eigenvalue weighted by Crippen LogP contribution is 2.31. The number of rotatable bonds is 4. The van der Waals surface area contributed by atoms with Crippen LogP contribution >= 0.6 is 11.6 Å². The van der Waals surface area contributed by atoms with Crippen LogP contribution in [0.5, 0.6) is 0 Å². The van der Waals surface area contributed by atoms with Crippen LogP contribution in [0.2, 0.25) is 0 Å². The summed E-state index contributed by atoms with van der Waals surface area (Å²) in [6, 6.07) is 28.5. The summed E-state index contributed by atoms with van der Waals surface area (Å²) in [6.07, 6.45) is 0. The quantitative estimate of drug-likeness (QED) is 0.595. The number of alkyl halides is 1. The normalized spacial score (nSPS) is 11.7. The summed E-state index contributed by atoms with van der Waals surface area (Å²) >= 11 is 6.46. The molecule has 1 amide bonds.